The van der Waals surface area contributed by atoms with E-state index in [4.69, 9.17) is 5.26 Å². The second-order valence-electron chi connectivity index (χ2n) is 5.34. The van der Waals surface area contributed by atoms with E-state index in [2.05, 4.69) is 26.8 Å². The average molecular weight is 272 g/mol. The van der Waals surface area contributed by atoms with Gasteiger partial charge in [0, 0.05) is 24.6 Å². The highest BCUT2D eigenvalue weighted by Gasteiger charge is 2.15. The van der Waals surface area contributed by atoms with Gasteiger partial charge >= 0.3 is 0 Å². The first-order valence-electron chi connectivity index (χ1n) is 7.31. The van der Waals surface area contributed by atoms with E-state index in [1.165, 1.54) is 5.56 Å². The summed E-state index contributed by atoms with van der Waals surface area (Å²) in [4.78, 5) is 14.3. The fourth-order valence-electron chi connectivity index (χ4n) is 2.14. The molecule has 0 aliphatic heterocycles. The molecule has 0 saturated carbocycles. The summed E-state index contributed by atoms with van der Waals surface area (Å²) in [6, 6.07) is 10.3. The molecular formula is C17H24N2O. The topological polar surface area (TPSA) is 44.1 Å². The van der Waals surface area contributed by atoms with Crippen LogP contribution < -0.4 is 0 Å². The predicted molar refractivity (Wildman–Crippen MR) is 81.7 cm³/mol. The Hall–Kier alpha value is -1.66. The van der Waals surface area contributed by atoms with Crippen molar-refractivity contribution in [1.29, 1.82) is 5.26 Å². The lowest BCUT2D eigenvalue weighted by molar-refractivity contribution is 0.0908. The molecule has 3 nitrogen and oxygen atoms in total. The van der Waals surface area contributed by atoms with Gasteiger partial charge in [0.15, 0.2) is 5.78 Å². The van der Waals surface area contributed by atoms with Crippen LogP contribution in [-0.4, -0.2) is 29.8 Å². The van der Waals surface area contributed by atoms with Crippen molar-refractivity contribution in [3.8, 4) is 6.07 Å². The van der Waals surface area contributed by atoms with Crippen molar-refractivity contribution in [1.82, 2.24) is 4.90 Å². The highest BCUT2D eigenvalue weighted by Crippen LogP contribution is 2.09. The first-order valence-corrected chi connectivity index (χ1v) is 7.31. The van der Waals surface area contributed by atoms with Crippen LogP contribution in [0.2, 0.25) is 0 Å². The largest absolute Gasteiger partial charge is 0.293 e. The molecule has 0 radical (unpaired) electrons. The molecule has 0 spiro atoms. The van der Waals surface area contributed by atoms with Gasteiger partial charge in [-0.25, -0.2) is 0 Å². The Morgan fingerprint density at radius 1 is 1.30 bits per heavy atom. The number of hydrogen-bond donors (Lipinski definition) is 0. The number of carbonyl (C=O) groups excluding carboxylic acids is 1. The van der Waals surface area contributed by atoms with Gasteiger partial charge in [0.2, 0.25) is 0 Å². The summed E-state index contributed by atoms with van der Waals surface area (Å²) in [6.45, 7) is 7.28. The fourth-order valence-corrected chi connectivity index (χ4v) is 2.14. The minimum absolute atomic E-state index is 0.125. The third-order valence-electron chi connectivity index (χ3n) is 3.40. The molecule has 0 aromatic heterocycles. The molecule has 0 saturated heterocycles. The van der Waals surface area contributed by atoms with Gasteiger partial charge in [-0.15, -0.1) is 0 Å². The van der Waals surface area contributed by atoms with Crippen LogP contribution in [0.15, 0.2) is 24.3 Å². The van der Waals surface area contributed by atoms with Gasteiger partial charge in [-0.05, 0) is 25.8 Å². The molecule has 20 heavy (non-hydrogen) atoms. The normalized spacial score (nSPS) is 10.8. The summed E-state index contributed by atoms with van der Waals surface area (Å²) >= 11 is 0. The lowest BCUT2D eigenvalue weighted by Crippen LogP contribution is -2.36. The van der Waals surface area contributed by atoms with Gasteiger partial charge in [0.1, 0.15) is 0 Å². The minimum atomic E-state index is 0.125. The van der Waals surface area contributed by atoms with Crippen molar-refractivity contribution in [2.24, 2.45) is 0 Å². The van der Waals surface area contributed by atoms with Gasteiger partial charge in [-0.1, -0.05) is 37.6 Å². The quantitative estimate of drug-likeness (QED) is 0.681. The molecule has 1 aromatic carbocycles. The van der Waals surface area contributed by atoms with E-state index >= 15 is 0 Å². The molecule has 108 valence electrons. The zero-order valence-corrected chi connectivity index (χ0v) is 12.7. The van der Waals surface area contributed by atoms with Crippen LogP contribution in [0.4, 0.5) is 0 Å². The monoisotopic (exact) mass is 272 g/mol. The summed E-state index contributed by atoms with van der Waals surface area (Å²) in [7, 11) is 0. The lowest BCUT2D eigenvalue weighted by atomic mass is 10.0. The molecule has 0 N–H and O–H groups in total. The summed E-state index contributed by atoms with van der Waals surface area (Å²) in [5.74, 6) is 0.125. The number of Topliss-reactive ketones (excluding diaryl/α,β-unsaturated/α-hetero) is 1. The van der Waals surface area contributed by atoms with Gasteiger partial charge < -0.3 is 0 Å². The van der Waals surface area contributed by atoms with Crippen LogP contribution in [0.3, 0.4) is 0 Å². The Balaban J connectivity index is 2.66. The molecular weight excluding hydrogens is 248 g/mol. The Morgan fingerprint density at radius 2 is 1.95 bits per heavy atom. The number of nitriles is 1. The van der Waals surface area contributed by atoms with Crippen molar-refractivity contribution in [2.75, 3.05) is 13.1 Å². The molecule has 0 fully saturated rings. The molecule has 0 heterocycles. The number of ketones is 1. The number of benzene rings is 1. The Labute approximate surface area is 122 Å². The second kappa shape index (κ2) is 8.50. The number of hydrogen-bond acceptors (Lipinski definition) is 3. The Morgan fingerprint density at radius 3 is 2.45 bits per heavy atom. The van der Waals surface area contributed by atoms with Gasteiger partial charge in [0.25, 0.3) is 0 Å². The first kappa shape index (κ1) is 16.4. The van der Waals surface area contributed by atoms with Crippen molar-refractivity contribution < 1.29 is 4.79 Å². The van der Waals surface area contributed by atoms with Crippen LogP contribution in [0.5, 0.6) is 0 Å². The number of rotatable bonds is 8. The number of nitrogens with zero attached hydrogens (tertiary/aromatic N) is 2. The number of carbonyl (C=O) groups is 1. The highest BCUT2D eigenvalue weighted by molar-refractivity contribution is 5.97. The van der Waals surface area contributed by atoms with Crippen LogP contribution in [-0.2, 0) is 6.42 Å². The van der Waals surface area contributed by atoms with Crippen molar-refractivity contribution in [3.63, 3.8) is 0 Å². The molecule has 0 aliphatic carbocycles. The SMILES string of the molecule is CCCc1ccc(C(=O)CN(CCC#N)C(C)C)cc1. The van der Waals surface area contributed by atoms with Crippen molar-refractivity contribution in [3.05, 3.63) is 35.4 Å². The van der Waals surface area contributed by atoms with E-state index in [9.17, 15) is 4.79 Å². The zero-order valence-electron chi connectivity index (χ0n) is 12.7. The summed E-state index contributed by atoms with van der Waals surface area (Å²) in [5.41, 5.74) is 2.03. The van der Waals surface area contributed by atoms with Crippen molar-refractivity contribution >= 4 is 5.78 Å². The first-order chi connectivity index (χ1) is 9.58. The van der Waals surface area contributed by atoms with E-state index in [0.29, 0.717) is 19.5 Å². The maximum atomic E-state index is 12.3. The maximum absolute atomic E-state index is 12.3. The van der Waals surface area contributed by atoms with Gasteiger partial charge in [-0.3, -0.25) is 9.69 Å². The number of aryl methyl sites for hydroxylation is 1. The molecule has 0 unspecified atom stereocenters. The van der Waals surface area contributed by atoms with E-state index in [1.807, 2.05) is 29.2 Å². The standard InChI is InChI=1S/C17H24N2O/c1-4-6-15-7-9-16(10-8-15)17(20)13-19(14(2)3)12-5-11-18/h7-10,14H,4-6,12-13H2,1-3H3. The summed E-state index contributed by atoms with van der Waals surface area (Å²) in [6.07, 6.45) is 2.62. The zero-order chi connectivity index (χ0) is 15.0. The predicted octanol–water partition coefficient (Wildman–Crippen LogP) is 3.45. The Bertz CT molecular complexity index is 457. The summed E-state index contributed by atoms with van der Waals surface area (Å²) < 4.78 is 0. The van der Waals surface area contributed by atoms with Crippen LogP contribution in [0, 0.1) is 11.3 Å². The fraction of sp³-hybridized carbons (Fsp3) is 0.529. The lowest BCUT2D eigenvalue weighted by Gasteiger charge is -2.24. The third-order valence-corrected chi connectivity index (χ3v) is 3.40. The van der Waals surface area contributed by atoms with Gasteiger partial charge in [0.05, 0.1) is 12.6 Å². The molecule has 1 aromatic rings. The highest BCUT2D eigenvalue weighted by atomic mass is 16.1. The van der Waals surface area contributed by atoms with Gasteiger partial charge in [-0.2, -0.15) is 5.26 Å². The van der Waals surface area contributed by atoms with E-state index in [0.717, 1.165) is 18.4 Å². The smallest absolute Gasteiger partial charge is 0.176 e. The van der Waals surface area contributed by atoms with E-state index < -0.39 is 0 Å². The van der Waals surface area contributed by atoms with E-state index in [-0.39, 0.29) is 11.8 Å². The Kier molecular flexibility index (Phi) is 6.97. The van der Waals surface area contributed by atoms with E-state index in [1.54, 1.807) is 0 Å². The van der Waals surface area contributed by atoms with Crippen LogP contribution in [0.1, 0.15) is 49.5 Å². The average Bonchev–Trinajstić information content (AvgIpc) is 2.44. The molecule has 0 atom stereocenters. The van der Waals surface area contributed by atoms with Crippen LogP contribution in [0.25, 0.3) is 0 Å². The molecule has 0 amide bonds. The van der Waals surface area contributed by atoms with Crippen molar-refractivity contribution in [2.45, 2.75) is 46.1 Å². The molecule has 0 bridgehead atoms. The molecule has 3 heteroatoms. The maximum Gasteiger partial charge on any atom is 0.176 e. The second-order valence-corrected chi connectivity index (χ2v) is 5.34. The third kappa shape index (κ3) is 5.14. The summed E-state index contributed by atoms with van der Waals surface area (Å²) in [5, 5.41) is 8.67. The molecule has 1 rings (SSSR count). The molecule has 0 aliphatic rings. The minimum Gasteiger partial charge on any atom is -0.293 e. The van der Waals surface area contributed by atoms with Crippen LogP contribution >= 0.6 is 0 Å².